The van der Waals surface area contributed by atoms with Crippen LogP contribution in [0.25, 0.3) is 55.0 Å². The summed E-state index contributed by atoms with van der Waals surface area (Å²) in [7, 11) is 0. The molecule has 48 heavy (non-hydrogen) atoms. The van der Waals surface area contributed by atoms with Crippen molar-refractivity contribution in [3.8, 4) is 22.3 Å². The Kier molecular flexibility index (Phi) is 5.44. The average Bonchev–Trinajstić information content (AvgIpc) is 3.61. The summed E-state index contributed by atoms with van der Waals surface area (Å²) in [4.78, 5) is 2.39. The highest BCUT2D eigenvalue weighted by Gasteiger charge is 2.44. The number of para-hydroxylation sites is 3. The molecular formula is C46H35NO. The maximum atomic E-state index is 6.63. The zero-order chi connectivity index (χ0) is 32.4. The topological polar surface area (TPSA) is 16.4 Å². The molecule has 7 aromatic carbocycles. The predicted molar refractivity (Wildman–Crippen MR) is 201 cm³/mol. The predicted octanol–water partition coefficient (Wildman–Crippen LogP) is 12.8. The fourth-order valence-electron chi connectivity index (χ4n) is 9.11. The van der Waals surface area contributed by atoms with Crippen molar-refractivity contribution in [2.75, 3.05) is 4.90 Å². The highest BCUT2D eigenvalue weighted by Crippen LogP contribution is 2.59. The van der Waals surface area contributed by atoms with E-state index in [2.05, 4.69) is 166 Å². The number of fused-ring (bicyclic) bond motifs is 9. The highest BCUT2D eigenvalue weighted by molar-refractivity contribution is 6.14. The van der Waals surface area contributed by atoms with Crippen LogP contribution in [-0.2, 0) is 10.8 Å². The number of hydrogen-bond donors (Lipinski definition) is 0. The van der Waals surface area contributed by atoms with E-state index in [-0.39, 0.29) is 10.8 Å². The van der Waals surface area contributed by atoms with E-state index in [4.69, 9.17) is 4.42 Å². The van der Waals surface area contributed by atoms with Gasteiger partial charge in [0.1, 0.15) is 5.58 Å². The van der Waals surface area contributed by atoms with Gasteiger partial charge >= 0.3 is 0 Å². The second-order valence-electron chi connectivity index (χ2n) is 14.5. The van der Waals surface area contributed by atoms with Gasteiger partial charge in [-0.15, -0.1) is 0 Å². The Labute approximate surface area is 280 Å². The van der Waals surface area contributed by atoms with Crippen LogP contribution in [0.1, 0.15) is 49.9 Å². The minimum Gasteiger partial charge on any atom is -0.454 e. The van der Waals surface area contributed by atoms with Crippen LogP contribution in [0, 0.1) is 0 Å². The largest absolute Gasteiger partial charge is 0.454 e. The first kappa shape index (κ1) is 27.5. The van der Waals surface area contributed by atoms with Gasteiger partial charge in [-0.2, -0.15) is 0 Å². The molecule has 0 saturated heterocycles. The van der Waals surface area contributed by atoms with Crippen molar-refractivity contribution in [1.29, 1.82) is 0 Å². The summed E-state index contributed by atoms with van der Waals surface area (Å²) < 4.78 is 6.63. The molecule has 0 radical (unpaired) electrons. The maximum Gasteiger partial charge on any atom is 0.159 e. The van der Waals surface area contributed by atoms with Crippen molar-refractivity contribution in [1.82, 2.24) is 0 Å². The Bertz CT molecular complexity index is 2620. The number of hydrogen-bond acceptors (Lipinski definition) is 2. The number of anilines is 3. The van der Waals surface area contributed by atoms with Crippen LogP contribution in [-0.4, -0.2) is 0 Å². The Balaban J connectivity index is 1.27. The second kappa shape index (κ2) is 9.49. The third kappa shape index (κ3) is 3.47. The summed E-state index contributed by atoms with van der Waals surface area (Å²) >= 11 is 0. The molecule has 0 bridgehead atoms. The van der Waals surface area contributed by atoms with Gasteiger partial charge in [-0.1, -0.05) is 137 Å². The van der Waals surface area contributed by atoms with Gasteiger partial charge in [-0.05, 0) is 80.2 Å². The average molecular weight is 618 g/mol. The van der Waals surface area contributed by atoms with Crippen LogP contribution >= 0.6 is 0 Å². The molecule has 0 aliphatic heterocycles. The molecule has 0 N–H and O–H groups in total. The third-order valence-electron chi connectivity index (χ3n) is 11.2. The normalized spacial score (nSPS) is 15.0. The Morgan fingerprint density at radius 2 is 1.04 bits per heavy atom. The van der Waals surface area contributed by atoms with Gasteiger partial charge in [-0.3, -0.25) is 0 Å². The monoisotopic (exact) mass is 617 g/mol. The van der Waals surface area contributed by atoms with E-state index in [9.17, 15) is 0 Å². The lowest BCUT2D eigenvalue weighted by atomic mass is 9.63. The molecule has 1 heterocycles. The first-order valence-electron chi connectivity index (χ1n) is 17.0. The van der Waals surface area contributed by atoms with Crippen molar-refractivity contribution in [2.24, 2.45) is 0 Å². The number of furan rings is 1. The summed E-state index contributed by atoms with van der Waals surface area (Å²) in [6, 6.07) is 50.9. The molecule has 230 valence electrons. The molecule has 0 spiro atoms. The fraction of sp³-hybridized carbons (Fsp3) is 0.130. The Hall–Kier alpha value is -5.60. The Morgan fingerprint density at radius 1 is 0.438 bits per heavy atom. The summed E-state index contributed by atoms with van der Waals surface area (Å²) in [5.41, 5.74) is 15.9. The van der Waals surface area contributed by atoms with Crippen molar-refractivity contribution < 1.29 is 4.42 Å². The van der Waals surface area contributed by atoms with E-state index in [0.29, 0.717) is 0 Å². The molecule has 1 aromatic heterocycles. The minimum atomic E-state index is -0.207. The molecule has 0 saturated carbocycles. The van der Waals surface area contributed by atoms with E-state index in [1.165, 1.54) is 55.3 Å². The van der Waals surface area contributed by atoms with E-state index in [1.54, 1.807) is 0 Å². The molecule has 2 heteroatoms. The molecule has 2 nitrogen and oxygen atoms in total. The first-order chi connectivity index (χ1) is 23.4. The SMILES string of the molecule is CC1(C)c2ccccc2-c2ccc3c(c21)C(C)(C)c1cccc2c(N(c4ccccc4)c4cccc5c4oc4ccccc45)ccc-3c12. The summed E-state index contributed by atoms with van der Waals surface area (Å²) in [5, 5.41) is 4.83. The number of benzene rings is 7. The van der Waals surface area contributed by atoms with Gasteiger partial charge in [0.15, 0.2) is 5.58 Å². The molecule has 10 rings (SSSR count). The van der Waals surface area contributed by atoms with E-state index in [0.717, 1.165) is 39.0 Å². The van der Waals surface area contributed by atoms with Crippen LogP contribution in [0.4, 0.5) is 17.1 Å². The van der Waals surface area contributed by atoms with Gasteiger partial charge in [-0.25, -0.2) is 0 Å². The Morgan fingerprint density at radius 3 is 1.88 bits per heavy atom. The molecule has 2 aliphatic carbocycles. The van der Waals surface area contributed by atoms with Crippen molar-refractivity contribution >= 4 is 49.8 Å². The van der Waals surface area contributed by atoms with Gasteiger partial charge in [0, 0.05) is 32.7 Å². The lowest BCUT2D eigenvalue weighted by molar-refractivity contribution is 0.591. The molecule has 0 fully saturated rings. The first-order valence-corrected chi connectivity index (χ1v) is 17.0. The van der Waals surface area contributed by atoms with Gasteiger partial charge < -0.3 is 9.32 Å². The summed E-state index contributed by atoms with van der Waals surface area (Å²) in [5.74, 6) is 0. The standard InChI is InChI=1S/C46H35NO/c1-45(2)36-20-10-8-16-29(36)32-24-25-33-31-26-27-38(35-19-12-21-37(41(31)35)46(3,4)43(33)42(32)45)47(28-14-6-5-7-15-28)39-22-13-18-34-30-17-9-11-23-40(30)48-44(34)39/h5-27H,1-4H3. The molecule has 2 aliphatic rings. The van der Waals surface area contributed by atoms with E-state index < -0.39 is 0 Å². The van der Waals surface area contributed by atoms with Crippen molar-refractivity contribution in [3.05, 3.63) is 162 Å². The summed E-state index contributed by atoms with van der Waals surface area (Å²) in [6.07, 6.45) is 0. The van der Waals surface area contributed by atoms with Crippen molar-refractivity contribution in [3.63, 3.8) is 0 Å². The van der Waals surface area contributed by atoms with Gasteiger partial charge in [0.2, 0.25) is 0 Å². The zero-order valence-corrected chi connectivity index (χ0v) is 27.6. The molecule has 0 unspecified atom stereocenters. The van der Waals surface area contributed by atoms with Crippen LogP contribution < -0.4 is 4.90 Å². The van der Waals surface area contributed by atoms with Gasteiger partial charge in [0.05, 0.1) is 11.4 Å². The molecule has 8 aromatic rings. The quantitative estimate of drug-likeness (QED) is 0.196. The lowest BCUT2D eigenvalue weighted by Gasteiger charge is -2.40. The smallest absolute Gasteiger partial charge is 0.159 e. The van der Waals surface area contributed by atoms with Crippen LogP contribution in [0.3, 0.4) is 0 Å². The molecule has 0 atom stereocenters. The highest BCUT2D eigenvalue weighted by atomic mass is 16.3. The number of rotatable bonds is 3. The zero-order valence-electron chi connectivity index (χ0n) is 27.6. The van der Waals surface area contributed by atoms with Crippen LogP contribution in [0.5, 0.6) is 0 Å². The van der Waals surface area contributed by atoms with Crippen molar-refractivity contribution in [2.45, 2.75) is 38.5 Å². The molecule has 0 amide bonds. The van der Waals surface area contributed by atoms with Gasteiger partial charge in [0.25, 0.3) is 0 Å². The third-order valence-corrected chi connectivity index (χ3v) is 11.2. The summed E-state index contributed by atoms with van der Waals surface area (Å²) in [6.45, 7) is 9.67. The lowest BCUT2D eigenvalue weighted by Crippen LogP contribution is -2.29. The molecular weight excluding hydrogens is 583 g/mol. The van der Waals surface area contributed by atoms with E-state index >= 15 is 0 Å². The van der Waals surface area contributed by atoms with E-state index in [1.807, 2.05) is 6.07 Å². The number of nitrogens with zero attached hydrogens (tertiary/aromatic N) is 1. The fourth-order valence-corrected chi connectivity index (χ4v) is 9.11. The minimum absolute atomic E-state index is 0.0880. The maximum absolute atomic E-state index is 6.63. The van der Waals surface area contributed by atoms with Crippen LogP contribution in [0.15, 0.2) is 144 Å². The van der Waals surface area contributed by atoms with Crippen LogP contribution in [0.2, 0.25) is 0 Å². The second-order valence-corrected chi connectivity index (χ2v) is 14.5.